The molecule has 0 bridgehead atoms. The summed E-state index contributed by atoms with van der Waals surface area (Å²) >= 11 is 3.41. The van der Waals surface area contributed by atoms with E-state index in [9.17, 15) is 9.59 Å². The van der Waals surface area contributed by atoms with E-state index < -0.39 is 11.9 Å². The van der Waals surface area contributed by atoms with Gasteiger partial charge < -0.3 is 14.6 Å². The largest absolute Gasteiger partial charge is 0.481 e. The van der Waals surface area contributed by atoms with E-state index >= 15 is 0 Å². The van der Waals surface area contributed by atoms with E-state index in [-0.39, 0.29) is 5.91 Å². The van der Waals surface area contributed by atoms with Crippen LogP contribution >= 0.6 is 15.9 Å². The summed E-state index contributed by atoms with van der Waals surface area (Å²) in [7, 11) is 0. The molecular formula is C13H15BrN2O3. The number of amides is 1. The summed E-state index contributed by atoms with van der Waals surface area (Å²) in [6, 6.07) is 2.26. The number of likely N-dealkylation sites (tertiary alicyclic amines) is 1. The Morgan fingerprint density at radius 1 is 1.32 bits per heavy atom. The van der Waals surface area contributed by atoms with Crippen LogP contribution in [0.1, 0.15) is 35.8 Å². The third-order valence-corrected chi connectivity index (χ3v) is 4.23. The molecule has 102 valence electrons. The Morgan fingerprint density at radius 2 is 2.05 bits per heavy atom. The molecule has 0 aromatic carbocycles. The van der Waals surface area contributed by atoms with Crippen molar-refractivity contribution in [2.45, 2.75) is 25.3 Å². The second-order valence-corrected chi connectivity index (χ2v) is 6.17. The van der Waals surface area contributed by atoms with Gasteiger partial charge >= 0.3 is 5.97 Å². The molecule has 1 amide bonds. The van der Waals surface area contributed by atoms with Gasteiger partial charge in [-0.05, 0) is 41.3 Å². The number of nitrogens with zero attached hydrogens (tertiary/aromatic N) is 2. The second-order valence-electron chi connectivity index (χ2n) is 5.26. The molecule has 1 aliphatic heterocycles. The van der Waals surface area contributed by atoms with Crippen LogP contribution in [0.5, 0.6) is 0 Å². The van der Waals surface area contributed by atoms with Crippen molar-refractivity contribution in [1.82, 2.24) is 9.47 Å². The van der Waals surface area contributed by atoms with Crippen molar-refractivity contribution in [1.29, 1.82) is 0 Å². The van der Waals surface area contributed by atoms with Crippen LogP contribution in [0.25, 0.3) is 0 Å². The number of carboxylic acids is 1. The molecule has 1 saturated heterocycles. The number of aromatic nitrogens is 1. The number of aliphatic carboxylic acids is 1. The number of rotatable bonds is 3. The normalized spacial score (nSPS) is 22.8. The molecule has 2 heterocycles. The first kappa shape index (κ1) is 12.7. The number of carboxylic acid groups (broad SMARTS) is 1. The van der Waals surface area contributed by atoms with E-state index in [0.29, 0.717) is 31.2 Å². The van der Waals surface area contributed by atoms with Crippen molar-refractivity contribution in [2.24, 2.45) is 5.92 Å². The Balaban J connectivity index is 1.79. The van der Waals surface area contributed by atoms with Gasteiger partial charge in [0.15, 0.2) is 0 Å². The van der Waals surface area contributed by atoms with Crippen molar-refractivity contribution >= 4 is 27.8 Å². The standard InChI is InChI=1S/C13H15BrN2O3/c14-9-5-11(16(7-9)10-1-2-10)12(17)15-4-3-8(6-15)13(18)19/h5,7-8,10H,1-4,6H2,(H,18,19). The number of hydrogen-bond acceptors (Lipinski definition) is 2. The molecule has 19 heavy (non-hydrogen) atoms. The number of hydrogen-bond donors (Lipinski definition) is 1. The van der Waals surface area contributed by atoms with Crippen molar-refractivity contribution < 1.29 is 14.7 Å². The maximum Gasteiger partial charge on any atom is 0.308 e. The average molecular weight is 327 g/mol. The SMILES string of the molecule is O=C(O)C1CCN(C(=O)c2cc(Br)cn2C2CC2)C1. The van der Waals surface area contributed by atoms with Crippen LogP contribution in [0, 0.1) is 5.92 Å². The molecule has 6 heteroatoms. The lowest BCUT2D eigenvalue weighted by atomic mass is 10.1. The molecule has 2 aliphatic rings. The predicted molar refractivity (Wildman–Crippen MR) is 72.0 cm³/mol. The Kier molecular flexibility index (Phi) is 3.12. The van der Waals surface area contributed by atoms with Crippen LogP contribution in [0.3, 0.4) is 0 Å². The summed E-state index contributed by atoms with van der Waals surface area (Å²) < 4.78 is 2.91. The van der Waals surface area contributed by atoms with E-state index in [1.165, 1.54) is 0 Å². The zero-order valence-corrected chi connectivity index (χ0v) is 12.0. The van der Waals surface area contributed by atoms with Crippen molar-refractivity contribution in [3.63, 3.8) is 0 Å². The first-order chi connectivity index (χ1) is 9.06. The quantitative estimate of drug-likeness (QED) is 0.925. The van der Waals surface area contributed by atoms with Crippen LogP contribution in [-0.4, -0.2) is 39.5 Å². The topological polar surface area (TPSA) is 62.5 Å². The summed E-state index contributed by atoms with van der Waals surface area (Å²) in [5.41, 5.74) is 0.667. The van der Waals surface area contributed by atoms with Crippen molar-refractivity contribution in [2.75, 3.05) is 13.1 Å². The molecule has 1 saturated carbocycles. The molecule has 0 spiro atoms. The van der Waals surface area contributed by atoms with Gasteiger partial charge in [-0.2, -0.15) is 0 Å². The molecule has 1 aromatic rings. The smallest absolute Gasteiger partial charge is 0.308 e. The molecule has 3 rings (SSSR count). The Labute approximate surface area is 119 Å². The molecule has 1 unspecified atom stereocenters. The fourth-order valence-corrected chi connectivity index (χ4v) is 3.02. The summed E-state index contributed by atoms with van der Waals surface area (Å²) in [5, 5.41) is 8.99. The van der Waals surface area contributed by atoms with Gasteiger partial charge in [0.05, 0.1) is 5.92 Å². The van der Waals surface area contributed by atoms with Crippen LogP contribution < -0.4 is 0 Å². The highest BCUT2D eigenvalue weighted by atomic mass is 79.9. The zero-order valence-electron chi connectivity index (χ0n) is 10.4. The number of halogens is 1. The summed E-state index contributed by atoms with van der Waals surface area (Å²) in [6.45, 7) is 0.852. The second kappa shape index (κ2) is 4.67. The maximum absolute atomic E-state index is 12.5. The fraction of sp³-hybridized carbons (Fsp3) is 0.538. The number of carbonyl (C=O) groups excluding carboxylic acids is 1. The molecule has 5 nitrogen and oxygen atoms in total. The minimum absolute atomic E-state index is 0.0543. The van der Waals surface area contributed by atoms with E-state index in [4.69, 9.17) is 5.11 Å². The maximum atomic E-state index is 12.5. The molecule has 1 N–H and O–H groups in total. The highest BCUT2D eigenvalue weighted by Crippen LogP contribution is 2.38. The van der Waals surface area contributed by atoms with E-state index in [2.05, 4.69) is 15.9 Å². The summed E-state index contributed by atoms with van der Waals surface area (Å²) in [6.07, 6.45) is 4.71. The van der Waals surface area contributed by atoms with Gasteiger partial charge in [0.2, 0.25) is 0 Å². The Bertz CT molecular complexity index is 536. The van der Waals surface area contributed by atoms with E-state index in [0.717, 1.165) is 17.3 Å². The van der Waals surface area contributed by atoms with Crippen LogP contribution in [0.4, 0.5) is 0 Å². The van der Waals surface area contributed by atoms with Crippen LogP contribution in [0.15, 0.2) is 16.7 Å². The Morgan fingerprint density at radius 3 is 2.63 bits per heavy atom. The minimum atomic E-state index is -0.811. The van der Waals surface area contributed by atoms with Gasteiger partial charge in [-0.3, -0.25) is 9.59 Å². The van der Waals surface area contributed by atoms with Gasteiger partial charge in [-0.1, -0.05) is 0 Å². The fourth-order valence-electron chi connectivity index (χ4n) is 2.58. The molecular weight excluding hydrogens is 312 g/mol. The van der Waals surface area contributed by atoms with E-state index in [1.807, 2.05) is 16.8 Å². The lowest BCUT2D eigenvalue weighted by Gasteiger charge is -2.17. The third-order valence-electron chi connectivity index (χ3n) is 3.80. The monoisotopic (exact) mass is 326 g/mol. The average Bonchev–Trinajstić information content (AvgIpc) is 2.95. The van der Waals surface area contributed by atoms with Gasteiger partial charge in [-0.25, -0.2) is 0 Å². The van der Waals surface area contributed by atoms with Crippen LogP contribution in [-0.2, 0) is 4.79 Å². The van der Waals surface area contributed by atoms with Crippen molar-refractivity contribution in [3.8, 4) is 0 Å². The minimum Gasteiger partial charge on any atom is -0.481 e. The third kappa shape index (κ3) is 2.41. The summed E-state index contributed by atoms with van der Waals surface area (Å²) in [5.74, 6) is -1.29. The van der Waals surface area contributed by atoms with E-state index in [1.54, 1.807) is 4.90 Å². The Hall–Kier alpha value is -1.30. The van der Waals surface area contributed by atoms with Gasteiger partial charge in [0, 0.05) is 29.8 Å². The molecule has 2 fully saturated rings. The molecule has 0 radical (unpaired) electrons. The van der Waals surface area contributed by atoms with Gasteiger partial charge in [0.25, 0.3) is 5.91 Å². The molecule has 1 aliphatic carbocycles. The zero-order chi connectivity index (χ0) is 13.6. The first-order valence-corrected chi connectivity index (χ1v) is 7.25. The predicted octanol–water partition coefficient (Wildman–Crippen LogP) is 2.13. The van der Waals surface area contributed by atoms with Crippen molar-refractivity contribution in [3.05, 3.63) is 22.4 Å². The van der Waals surface area contributed by atoms with Gasteiger partial charge in [-0.15, -0.1) is 0 Å². The molecule has 1 aromatic heterocycles. The van der Waals surface area contributed by atoms with Gasteiger partial charge in [0.1, 0.15) is 5.69 Å². The lowest BCUT2D eigenvalue weighted by Crippen LogP contribution is -2.31. The highest BCUT2D eigenvalue weighted by Gasteiger charge is 2.34. The highest BCUT2D eigenvalue weighted by molar-refractivity contribution is 9.10. The summed E-state index contributed by atoms with van der Waals surface area (Å²) in [4.78, 5) is 25.1. The molecule has 1 atom stereocenters. The lowest BCUT2D eigenvalue weighted by molar-refractivity contribution is -0.141. The first-order valence-electron chi connectivity index (χ1n) is 6.45. The van der Waals surface area contributed by atoms with Crippen LogP contribution in [0.2, 0.25) is 0 Å². The number of carbonyl (C=O) groups is 2.